The van der Waals surface area contributed by atoms with Crippen molar-refractivity contribution in [1.82, 2.24) is 0 Å². The summed E-state index contributed by atoms with van der Waals surface area (Å²) in [5.41, 5.74) is 0.00948. The molecule has 1 atom stereocenters. The Hall–Kier alpha value is -0.240. The quantitative estimate of drug-likeness (QED) is 0.576. The summed E-state index contributed by atoms with van der Waals surface area (Å²) in [6, 6.07) is 0. The molecule has 0 aromatic heterocycles. The van der Waals surface area contributed by atoms with E-state index in [4.69, 9.17) is 16.3 Å². The van der Waals surface area contributed by atoms with Crippen LogP contribution in [0.4, 0.5) is 0 Å². The fourth-order valence-corrected chi connectivity index (χ4v) is 5.45. The van der Waals surface area contributed by atoms with Crippen LogP contribution in [0.3, 0.4) is 0 Å². The lowest BCUT2D eigenvalue weighted by Crippen LogP contribution is -2.58. The summed E-state index contributed by atoms with van der Waals surface area (Å²) in [5, 5.41) is 0. The van der Waals surface area contributed by atoms with Crippen LogP contribution in [-0.4, -0.2) is 17.5 Å². The Balaban J connectivity index is 1.88. The molecule has 4 rings (SSSR count). The Bertz CT molecular complexity index is 326. The van der Waals surface area contributed by atoms with Crippen molar-refractivity contribution in [1.29, 1.82) is 0 Å². The molecule has 3 heteroatoms. The van der Waals surface area contributed by atoms with Crippen LogP contribution in [0.15, 0.2) is 0 Å². The SMILES string of the molecule is CCOC(=O)C(C)(Cl)C12CC3CC(CC(C3)C1)C2. The fraction of sp³-hybridized carbons (Fsp3) is 0.933. The molecular formula is C15H23ClO2. The first kappa shape index (κ1) is 12.8. The molecule has 18 heavy (non-hydrogen) atoms. The molecular weight excluding hydrogens is 248 g/mol. The number of ether oxygens (including phenoxy) is 1. The predicted octanol–water partition coefficient (Wildman–Crippen LogP) is 3.76. The van der Waals surface area contributed by atoms with E-state index in [1.165, 1.54) is 19.3 Å². The van der Waals surface area contributed by atoms with Crippen molar-refractivity contribution < 1.29 is 9.53 Å². The topological polar surface area (TPSA) is 26.3 Å². The maximum Gasteiger partial charge on any atom is 0.327 e. The second-order valence-corrected chi connectivity index (χ2v) is 7.68. The molecule has 0 aliphatic heterocycles. The third-order valence-corrected chi connectivity index (χ3v) is 6.25. The van der Waals surface area contributed by atoms with Crippen molar-refractivity contribution in [3.63, 3.8) is 0 Å². The van der Waals surface area contributed by atoms with Gasteiger partial charge in [0.05, 0.1) is 6.61 Å². The van der Waals surface area contributed by atoms with Crippen molar-refractivity contribution in [3.8, 4) is 0 Å². The lowest BCUT2D eigenvalue weighted by molar-refractivity contribution is -0.158. The first-order chi connectivity index (χ1) is 8.47. The van der Waals surface area contributed by atoms with Gasteiger partial charge in [0.15, 0.2) is 0 Å². The number of carbonyl (C=O) groups excluding carboxylic acids is 1. The highest BCUT2D eigenvalue weighted by Crippen LogP contribution is 2.65. The number of alkyl halides is 1. The number of rotatable bonds is 3. The Labute approximate surface area is 114 Å². The number of hydrogen-bond donors (Lipinski definition) is 0. The smallest absolute Gasteiger partial charge is 0.327 e. The molecule has 4 saturated carbocycles. The molecule has 0 radical (unpaired) electrons. The van der Waals surface area contributed by atoms with Crippen molar-refractivity contribution in [3.05, 3.63) is 0 Å². The minimum Gasteiger partial charge on any atom is -0.465 e. The first-order valence-corrected chi connectivity index (χ1v) is 7.71. The lowest BCUT2D eigenvalue weighted by Gasteiger charge is -2.60. The van der Waals surface area contributed by atoms with Crippen LogP contribution >= 0.6 is 11.6 Å². The van der Waals surface area contributed by atoms with Gasteiger partial charge in [0, 0.05) is 5.41 Å². The molecule has 1 unspecified atom stereocenters. The summed E-state index contributed by atoms with van der Waals surface area (Å²) in [6.45, 7) is 4.18. The van der Waals surface area contributed by atoms with E-state index in [1.54, 1.807) is 0 Å². The summed E-state index contributed by atoms with van der Waals surface area (Å²) in [4.78, 5) is 11.4. The van der Waals surface area contributed by atoms with E-state index >= 15 is 0 Å². The minimum absolute atomic E-state index is 0.00948. The molecule has 102 valence electrons. The highest BCUT2D eigenvalue weighted by atomic mass is 35.5. The Kier molecular flexibility index (Phi) is 2.93. The molecule has 0 spiro atoms. The lowest BCUT2D eigenvalue weighted by atomic mass is 9.46. The van der Waals surface area contributed by atoms with Gasteiger partial charge in [-0.05, 0) is 70.1 Å². The van der Waals surface area contributed by atoms with Gasteiger partial charge in [-0.3, -0.25) is 4.79 Å². The van der Waals surface area contributed by atoms with E-state index in [-0.39, 0.29) is 11.4 Å². The molecule has 2 nitrogen and oxygen atoms in total. The largest absolute Gasteiger partial charge is 0.465 e. The predicted molar refractivity (Wildman–Crippen MR) is 71.5 cm³/mol. The minimum atomic E-state index is -0.820. The van der Waals surface area contributed by atoms with Crippen LogP contribution in [0.1, 0.15) is 52.4 Å². The van der Waals surface area contributed by atoms with E-state index in [0.717, 1.165) is 37.0 Å². The van der Waals surface area contributed by atoms with Crippen LogP contribution < -0.4 is 0 Å². The number of hydrogen-bond acceptors (Lipinski definition) is 2. The standard InChI is InChI=1S/C15H23ClO2/c1-3-18-13(17)14(2,16)15-7-10-4-11(8-15)6-12(5-10)9-15/h10-12H,3-9H2,1-2H3. The molecule has 4 bridgehead atoms. The molecule has 0 N–H and O–H groups in total. The van der Waals surface area contributed by atoms with E-state index in [9.17, 15) is 4.79 Å². The average Bonchev–Trinajstić information content (AvgIpc) is 2.27. The van der Waals surface area contributed by atoms with Crippen LogP contribution in [0, 0.1) is 23.2 Å². The van der Waals surface area contributed by atoms with E-state index in [1.807, 2.05) is 13.8 Å². The van der Waals surface area contributed by atoms with Gasteiger partial charge in [-0.2, -0.15) is 0 Å². The molecule has 4 fully saturated rings. The number of halogens is 1. The van der Waals surface area contributed by atoms with Gasteiger partial charge >= 0.3 is 5.97 Å². The van der Waals surface area contributed by atoms with Gasteiger partial charge in [0.2, 0.25) is 0 Å². The van der Waals surface area contributed by atoms with Gasteiger partial charge in [-0.1, -0.05) is 0 Å². The third kappa shape index (κ3) is 1.71. The van der Waals surface area contributed by atoms with Gasteiger partial charge in [-0.25, -0.2) is 0 Å². The monoisotopic (exact) mass is 270 g/mol. The number of esters is 1. The maximum atomic E-state index is 12.2. The van der Waals surface area contributed by atoms with Gasteiger partial charge in [0.1, 0.15) is 4.87 Å². The van der Waals surface area contributed by atoms with Gasteiger partial charge in [0.25, 0.3) is 0 Å². The fourth-order valence-electron chi connectivity index (χ4n) is 5.17. The third-order valence-electron chi connectivity index (χ3n) is 5.69. The Morgan fingerprint density at radius 1 is 1.22 bits per heavy atom. The van der Waals surface area contributed by atoms with Crippen LogP contribution in [0.2, 0.25) is 0 Å². The second kappa shape index (κ2) is 4.13. The summed E-state index contributed by atoms with van der Waals surface area (Å²) in [5.74, 6) is 2.23. The average molecular weight is 271 g/mol. The van der Waals surface area contributed by atoms with Gasteiger partial charge < -0.3 is 4.74 Å². The normalized spacial score (nSPS) is 44.7. The second-order valence-electron chi connectivity index (χ2n) is 6.92. The summed E-state index contributed by atoms with van der Waals surface area (Å²) in [7, 11) is 0. The first-order valence-electron chi connectivity index (χ1n) is 7.33. The maximum absolute atomic E-state index is 12.2. The Morgan fingerprint density at radius 2 is 1.67 bits per heavy atom. The molecule has 0 aromatic rings. The zero-order valence-corrected chi connectivity index (χ0v) is 12.1. The van der Waals surface area contributed by atoms with Crippen LogP contribution in [-0.2, 0) is 9.53 Å². The molecule has 4 aliphatic carbocycles. The number of carbonyl (C=O) groups is 1. The Morgan fingerprint density at radius 3 is 2.06 bits per heavy atom. The highest BCUT2D eigenvalue weighted by Gasteiger charge is 2.61. The van der Waals surface area contributed by atoms with Crippen molar-refractivity contribution >= 4 is 17.6 Å². The van der Waals surface area contributed by atoms with Crippen molar-refractivity contribution in [2.24, 2.45) is 23.2 Å². The van der Waals surface area contributed by atoms with Gasteiger partial charge in [-0.15, -0.1) is 11.6 Å². The zero-order chi connectivity index (χ0) is 13.0. The zero-order valence-electron chi connectivity index (χ0n) is 11.4. The molecule has 0 heterocycles. The van der Waals surface area contributed by atoms with Crippen molar-refractivity contribution in [2.45, 2.75) is 57.2 Å². The van der Waals surface area contributed by atoms with E-state index in [0.29, 0.717) is 6.61 Å². The summed E-state index contributed by atoms with van der Waals surface area (Å²) in [6.07, 6.45) is 7.52. The summed E-state index contributed by atoms with van der Waals surface area (Å²) < 4.78 is 5.23. The van der Waals surface area contributed by atoms with Crippen molar-refractivity contribution in [2.75, 3.05) is 6.61 Å². The van der Waals surface area contributed by atoms with E-state index in [2.05, 4.69) is 0 Å². The molecule has 4 aliphatic rings. The van der Waals surface area contributed by atoms with Crippen LogP contribution in [0.25, 0.3) is 0 Å². The molecule has 0 amide bonds. The molecule has 0 saturated heterocycles. The van der Waals surface area contributed by atoms with E-state index < -0.39 is 4.87 Å². The molecule has 0 aromatic carbocycles. The summed E-state index contributed by atoms with van der Waals surface area (Å²) >= 11 is 6.71. The highest BCUT2D eigenvalue weighted by molar-refractivity contribution is 6.34. The van der Waals surface area contributed by atoms with Crippen LogP contribution in [0.5, 0.6) is 0 Å².